The molecule has 2 aliphatic rings. The number of hydrogen-bond donors (Lipinski definition) is 1. The summed E-state index contributed by atoms with van der Waals surface area (Å²) in [5, 5.41) is 8.44. The predicted molar refractivity (Wildman–Crippen MR) is 137 cm³/mol. The summed E-state index contributed by atoms with van der Waals surface area (Å²) in [6.45, 7) is 2.42. The number of hydrogen-bond acceptors (Lipinski definition) is 3. The monoisotopic (exact) mass is 510 g/mol. The van der Waals surface area contributed by atoms with Crippen molar-refractivity contribution in [2.75, 3.05) is 19.6 Å². The molecular weight excluding hydrogens is 483 g/mol. The number of benzene rings is 2. The number of halogens is 2. The van der Waals surface area contributed by atoms with Gasteiger partial charge in [0.25, 0.3) is 5.91 Å². The van der Waals surface area contributed by atoms with Gasteiger partial charge in [0.15, 0.2) is 5.69 Å². The summed E-state index contributed by atoms with van der Waals surface area (Å²) in [4.78, 5) is 30.1. The fourth-order valence-corrected chi connectivity index (χ4v) is 5.54. The lowest BCUT2D eigenvalue weighted by Crippen LogP contribution is -2.41. The van der Waals surface area contributed by atoms with Gasteiger partial charge in [0.05, 0.1) is 6.42 Å². The molecule has 0 saturated carbocycles. The minimum absolute atomic E-state index is 0.0267. The number of fused-ring (bicyclic) bond motifs is 1. The van der Waals surface area contributed by atoms with Gasteiger partial charge in [0.2, 0.25) is 5.91 Å². The summed E-state index contributed by atoms with van der Waals surface area (Å²) in [5.41, 5.74) is 4.32. The number of carbonyl (C=O) groups is 2. The second-order valence-corrected chi connectivity index (χ2v) is 10.3. The van der Waals surface area contributed by atoms with Crippen molar-refractivity contribution < 1.29 is 9.59 Å². The average molecular weight is 511 g/mol. The molecule has 0 unspecified atom stereocenters. The van der Waals surface area contributed by atoms with Crippen LogP contribution in [0.15, 0.2) is 48.5 Å². The van der Waals surface area contributed by atoms with Crippen LogP contribution in [0.3, 0.4) is 0 Å². The first-order chi connectivity index (χ1) is 17.0. The Bertz CT molecular complexity index is 1220. The minimum Gasteiger partial charge on any atom is -0.338 e. The van der Waals surface area contributed by atoms with E-state index in [4.69, 9.17) is 23.2 Å². The molecule has 0 aliphatic carbocycles. The van der Waals surface area contributed by atoms with E-state index in [-0.39, 0.29) is 18.2 Å². The zero-order chi connectivity index (χ0) is 24.4. The molecule has 182 valence electrons. The first-order valence-corrected chi connectivity index (χ1v) is 12.8. The molecule has 2 aliphatic heterocycles. The Morgan fingerprint density at radius 2 is 1.77 bits per heavy atom. The molecule has 2 aromatic carbocycles. The van der Waals surface area contributed by atoms with Crippen LogP contribution in [0, 0.1) is 5.92 Å². The summed E-state index contributed by atoms with van der Waals surface area (Å²) in [5.74, 6) is 0.513. The maximum atomic E-state index is 13.4. The molecule has 3 aromatic rings. The van der Waals surface area contributed by atoms with Gasteiger partial charge >= 0.3 is 0 Å². The van der Waals surface area contributed by atoms with Crippen LogP contribution < -0.4 is 0 Å². The van der Waals surface area contributed by atoms with Crippen molar-refractivity contribution in [3.8, 4) is 0 Å². The summed E-state index contributed by atoms with van der Waals surface area (Å²) in [6.07, 6.45) is 3.87. The highest BCUT2D eigenvalue weighted by atomic mass is 35.5. The molecule has 6 nitrogen and oxygen atoms in total. The van der Waals surface area contributed by atoms with E-state index in [0.29, 0.717) is 41.2 Å². The van der Waals surface area contributed by atoms with Crippen LogP contribution in [-0.4, -0.2) is 51.4 Å². The van der Waals surface area contributed by atoms with E-state index in [2.05, 4.69) is 34.5 Å². The molecule has 0 radical (unpaired) electrons. The Hall–Kier alpha value is -2.83. The molecule has 5 rings (SSSR count). The molecule has 8 heteroatoms. The van der Waals surface area contributed by atoms with Crippen LogP contribution in [0.1, 0.15) is 45.7 Å². The molecule has 0 atom stereocenters. The second-order valence-electron chi connectivity index (χ2n) is 9.43. The van der Waals surface area contributed by atoms with E-state index in [1.54, 1.807) is 23.1 Å². The normalized spacial score (nSPS) is 16.3. The van der Waals surface area contributed by atoms with Crippen molar-refractivity contribution in [1.82, 2.24) is 20.0 Å². The summed E-state index contributed by atoms with van der Waals surface area (Å²) in [6, 6.07) is 15.7. The Morgan fingerprint density at radius 1 is 1.00 bits per heavy atom. The number of likely N-dealkylation sites (tertiary alicyclic amines) is 1. The largest absolute Gasteiger partial charge is 0.338 e. The van der Waals surface area contributed by atoms with Gasteiger partial charge in [0, 0.05) is 53.9 Å². The van der Waals surface area contributed by atoms with Crippen LogP contribution >= 0.6 is 23.2 Å². The maximum Gasteiger partial charge on any atom is 0.274 e. The molecule has 0 bridgehead atoms. The highest BCUT2D eigenvalue weighted by molar-refractivity contribution is 6.35. The Labute approximate surface area is 215 Å². The van der Waals surface area contributed by atoms with Gasteiger partial charge in [-0.25, -0.2) is 0 Å². The highest BCUT2D eigenvalue weighted by Gasteiger charge is 2.31. The maximum absolute atomic E-state index is 13.4. The number of piperidine rings is 1. The highest BCUT2D eigenvalue weighted by Crippen LogP contribution is 2.27. The molecule has 2 amide bonds. The number of H-pyrrole nitrogens is 1. The van der Waals surface area contributed by atoms with Crippen molar-refractivity contribution >= 4 is 35.0 Å². The molecule has 3 heterocycles. The average Bonchev–Trinajstić information content (AvgIpc) is 3.30. The van der Waals surface area contributed by atoms with Crippen LogP contribution in [0.5, 0.6) is 0 Å². The summed E-state index contributed by atoms with van der Waals surface area (Å²) >= 11 is 12.2. The number of nitrogens with zero attached hydrogens (tertiary/aromatic N) is 3. The van der Waals surface area contributed by atoms with Gasteiger partial charge in [-0.3, -0.25) is 14.7 Å². The topological polar surface area (TPSA) is 69.3 Å². The van der Waals surface area contributed by atoms with Crippen molar-refractivity contribution in [2.24, 2.45) is 5.92 Å². The van der Waals surface area contributed by atoms with Crippen molar-refractivity contribution in [2.45, 2.75) is 38.6 Å². The molecule has 0 spiro atoms. The van der Waals surface area contributed by atoms with Crippen LogP contribution in [0.2, 0.25) is 10.0 Å². The van der Waals surface area contributed by atoms with E-state index in [1.165, 1.54) is 5.56 Å². The van der Waals surface area contributed by atoms with Crippen molar-refractivity contribution in [1.29, 1.82) is 0 Å². The van der Waals surface area contributed by atoms with Crippen molar-refractivity contribution in [3.63, 3.8) is 0 Å². The van der Waals surface area contributed by atoms with E-state index < -0.39 is 0 Å². The predicted octanol–water partition coefficient (Wildman–Crippen LogP) is 4.94. The quantitative estimate of drug-likeness (QED) is 0.528. The lowest BCUT2D eigenvalue weighted by molar-refractivity contribution is -0.131. The van der Waals surface area contributed by atoms with Crippen LogP contribution in [0.25, 0.3) is 0 Å². The van der Waals surface area contributed by atoms with Gasteiger partial charge in [-0.15, -0.1) is 0 Å². The standard InChI is InChI=1S/C27H28Cl2N4O2/c28-21-7-6-20(23(29)16-21)15-25(34)33-13-10-24-22(17-33)26(31-30-24)27(35)32-11-8-19(9-12-32)14-18-4-2-1-3-5-18/h1-7,16,19H,8-15,17H2,(H,30,31). The zero-order valence-corrected chi connectivity index (χ0v) is 21.0. The number of amides is 2. The first kappa shape index (κ1) is 23.9. The number of aromatic amines is 1. The first-order valence-electron chi connectivity index (χ1n) is 12.1. The zero-order valence-electron chi connectivity index (χ0n) is 19.5. The third-order valence-corrected chi connectivity index (χ3v) is 7.70. The lowest BCUT2D eigenvalue weighted by Gasteiger charge is -2.32. The third kappa shape index (κ3) is 5.39. The van der Waals surface area contributed by atoms with Crippen LogP contribution in [0.4, 0.5) is 0 Å². The van der Waals surface area contributed by atoms with Gasteiger partial charge in [0.1, 0.15) is 0 Å². The third-order valence-electron chi connectivity index (χ3n) is 7.11. The number of carbonyl (C=O) groups excluding carboxylic acids is 2. The Morgan fingerprint density at radius 3 is 2.51 bits per heavy atom. The van der Waals surface area contributed by atoms with Crippen LogP contribution in [-0.2, 0) is 30.6 Å². The Kier molecular flexibility index (Phi) is 7.12. The number of nitrogens with one attached hydrogen (secondary N) is 1. The smallest absolute Gasteiger partial charge is 0.274 e. The molecular formula is C27H28Cl2N4O2. The number of rotatable bonds is 5. The summed E-state index contributed by atoms with van der Waals surface area (Å²) < 4.78 is 0. The van der Waals surface area contributed by atoms with Gasteiger partial charge in [-0.2, -0.15) is 5.10 Å². The van der Waals surface area contributed by atoms with E-state index in [9.17, 15) is 9.59 Å². The molecule has 1 N–H and O–H groups in total. The molecule has 35 heavy (non-hydrogen) atoms. The fraction of sp³-hybridized carbons (Fsp3) is 0.370. The SMILES string of the molecule is O=C(Cc1ccc(Cl)cc1Cl)N1CCc2[nH]nc(C(=O)N3CCC(Cc4ccccc4)CC3)c2C1. The lowest BCUT2D eigenvalue weighted by atomic mass is 9.90. The molecule has 1 fully saturated rings. The Balaban J connectivity index is 1.21. The van der Waals surface area contributed by atoms with Gasteiger partial charge in [-0.05, 0) is 48.4 Å². The van der Waals surface area contributed by atoms with Gasteiger partial charge < -0.3 is 9.80 Å². The second kappa shape index (κ2) is 10.4. The molecule has 1 saturated heterocycles. The number of aromatic nitrogens is 2. The van der Waals surface area contributed by atoms with E-state index in [0.717, 1.165) is 49.2 Å². The fourth-order valence-electron chi connectivity index (χ4n) is 5.06. The minimum atomic E-state index is -0.0456. The summed E-state index contributed by atoms with van der Waals surface area (Å²) in [7, 11) is 0. The van der Waals surface area contributed by atoms with Crippen molar-refractivity contribution in [3.05, 3.63) is 86.7 Å². The van der Waals surface area contributed by atoms with Gasteiger partial charge in [-0.1, -0.05) is 59.6 Å². The van der Waals surface area contributed by atoms with E-state index in [1.807, 2.05) is 11.0 Å². The van der Waals surface area contributed by atoms with E-state index >= 15 is 0 Å². The molecule has 1 aromatic heterocycles.